The van der Waals surface area contributed by atoms with Crippen LogP contribution in [0.15, 0.2) is 36.4 Å². The van der Waals surface area contributed by atoms with Crippen LogP contribution in [0.25, 0.3) is 22.4 Å². The van der Waals surface area contributed by atoms with E-state index in [1.807, 2.05) is 18.2 Å². The van der Waals surface area contributed by atoms with E-state index in [2.05, 4.69) is 35.0 Å². The van der Waals surface area contributed by atoms with Crippen molar-refractivity contribution in [2.24, 2.45) is 0 Å². The fraction of sp³-hybridized carbons (Fsp3) is 0.409. The SMILES string of the molecule is CCn1c(-c2ccc(OC)c(OC)c2)nc2ccc(C3CCNCC3)cc21. The van der Waals surface area contributed by atoms with Crippen molar-refractivity contribution < 1.29 is 9.47 Å². The van der Waals surface area contributed by atoms with Gasteiger partial charge in [-0.3, -0.25) is 0 Å². The van der Waals surface area contributed by atoms with Gasteiger partial charge in [0.1, 0.15) is 5.82 Å². The van der Waals surface area contributed by atoms with Crippen LogP contribution in [0.1, 0.15) is 31.2 Å². The summed E-state index contributed by atoms with van der Waals surface area (Å²) >= 11 is 0. The number of hydrogen-bond acceptors (Lipinski definition) is 4. The smallest absolute Gasteiger partial charge is 0.161 e. The molecule has 0 radical (unpaired) electrons. The van der Waals surface area contributed by atoms with Crippen LogP contribution in [0.4, 0.5) is 0 Å². The van der Waals surface area contributed by atoms with Crippen LogP contribution in [-0.4, -0.2) is 36.9 Å². The van der Waals surface area contributed by atoms with E-state index in [0.717, 1.165) is 48.0 Å². The van der Waals surface area contributed by atoms with E-state index in [1.165, 1.54) is 23.9 Å². The summed E-state index contributed by atoms with van der Waals surface area (Å²) in [7, 11) is 3.32. The monoisotopic (exact) mass is 365 g/mol. The van der Waals surface area contributed by atoms with E-state index in [4.69, 9.17) is 14.5 Å². The standard InChI is InChI=1S/C22H27N3O2/c1-4-25-19-13-16(15-9-11-23-12-10-15)5-7-18(19)24-22(25)17-6-8-20(26-2)21(14-17)27-3/h5-8,13-15,23H,4,9-12H2,1-3H3. The molecule has 27 heavy (non-hydrogen) atoms. The first-order valence-electron chi connectivity index (χ1n) is 9.68. The molecule has 1 N–H and O–H groups in total. The first kappa shape index (κ1) is 17.9. The number of methoxy groups -OCH3 is 2. The number of hydrogen-bond donors (Lipinski definition) is 1. The lowest BCUT2D eigenvalue weighted by atomic mass is 9.90. The number of ether oxygens (including phenoxy) is 2. The highest BCUT2D eigenvalue weighted by Crippen LogP contribution is 2.34. The highest BCUT2D eigenvalue weighted by atomic mass is 16.5. The van der Waals surface area contributed by atoms with Crippen LogP contribution in [-0.2, 0) is 6.54 Å². The molecule has 1 fully saturated rings. The van der Waals surface area contributed by atoms with E-state index in [-0.39, 0.29) is 0 Å². The van der Waals surface area contributed by atoms with Crippen molar-refractivity contribution >= 4 is 11.0 Å². The Balaban J connectivity index is 1.79. The fourth-order valence-electron chi connectivity index (χ4n) is 4.06. The Labute approximate surface area is 160 Å². The third-order valence-corrected chi connectivity index (χ3v) is 5.54. The zero-order chi connectivity index (χ0) is 18.8. The first-order chi connectivity index (χ1) is 13.2. The van der Waals surface area contributed by atoms with E-state index >= 15 is 0 Å². The summed E-state index contributed by atoms with van der Waals surface area (Å²) in [5.41, 5.74) is 4.71. The van der Waals surface area contributed by atoms with Crippen LogP contribution >= 0.6 is 0 Å². The summed E-state index contributed by atoms with van der Waals surface area (Å²) in [4.78, 5) is 4.93. The fourth-order valence-corrected chi connectivity index (χ4v) is 4.06. The van der Waals surface area contributed by atoms with Gasteiger partial charge in [0, 0.05) is 12.1 Å². The van der Waals surface area contributed by atoms with E-state index < -0.39 is 0 Å². The number of aromatic nitrogens is 2. The molecule has 3 aromatic rings. The van der Waals surface area contributed by atoms with Gasteiger partial charge in [-0.05, 0) is 74.7 Å². The third kappa shape index (κ3) is 3.28. The maximum atomic E-state index is 5.48. The molecule has 1 aliphatic heterocycles. The lowest BCUT2D eigenvalue weighted by Gasteiger charge is -2.23. The topological polar surface area (TPSA) is 48.3 Å². The number of piperidine rings is 1. The quantitative estimate of drug-likeness (QED) is 0.736. The summed E-state index contributed by atoms with van der Waals surface area (Å²) in [5, 5.41) is 3.45. The molecule has 4 rings (SSSR count). The van der Waals surface area contributed by atoms with Gasteiger partial charge in [0.2, 0.25) is 0 Å². The first-order valence-corrected chi connectivity index (χ1v) is 9.68. The molecule has 0 bridgehead atoms. The van der Waals surface area contributed by atoms with E-state index in [0.29, 0.717) is 5.92 Å². The molecule has 0 saturated carbocycles. The number of nitrogens with one attached hydrogen (secondary N) is 1. The average molecular weight is 365 g/mol. The Bertz CT molecular complexity index is 942. The number of rotatable bonds is 5. The molecular formula is C22H27N3O2. The zero-order valence-corrected chi connectivity index (χ0v) is 16.3. The van der Waals surface area contributed by atoms with Crippen LogP contribution in [0.2, 0.25) is 0 Å². The Hall–Kier alpha value is -2.53. The van der Waals surface area contributed by atoms with Crippen LogP contribution < -0.4 is 14.8 Å². The van der Waals surface area contributed by atoms with Gasteiger partial charge in [0.25, 0.3) is 0 Å². The Morgan fingerprint density at radius 2 is 1.81 bits per heavy atom. The molecule has 0 amide bonds. The third-order valence-electron chi connectivity index (χ3n) is 5.54. The molecule has 1 aliphatic rings. The molecule has 1 aromatic heterocycles. The lowest BCUT2D eigenvalue weighted by molar-refractivity contribution is 0.355. The number of fused-ring (bicyclic) bond motifs is 1. The van der Waals surface area contributed by atoms with Gasteiger partial charge < -0.3 is 19.4 Å². The van der Waals surface area contributed by atoms with Crippen molar-refractivity contribution in [3.8, 4) is 22.9 Å². The minimum Gasteiger partial charge on any atom is -0.493 e. The van der Waals surface area contributed by atoms with Gasteiger partial charge in [-0.1, -0.05) is 6.07 Å². The Morgan fingerprint density at radius 3 is 2.52 bits per heavy atom. The van der Waals surface area contributed by atoms with Gasteiger partial charge in [0.05, 0.1) is 25.3 Å². The second kappa shape index (κ2) is 7.61. The lowest BCUT2D eigenvalue weighted by Crippen LogP contribution is -2.26. The second-order valence-corrected chi connectivity index (χ2v) is 7.02. The van der Waals surface area contributed by atoms with Crippen molar-refractivity contribution in [1.82, 2.24) is 14.9 Å². The Kier molecular flexibility index (Phi) is 5.03. The molecule has 0 aliphatic carbocycles. The summed E-state index contributed by atoms with van der Waals surface area (Å²) in [6.07, 6.45) is 2.41. The minimum atomic E-state index is 0.639. The summed E-state index contributed by atoms with van der Waals surface area (Å²) in [6.45, 7) is 5.25. The van der Waals surface area contributed by atoms with Crippen molar-refractivity contribution in [1.29, 1.82) is 0 Å². The predicted octanol–water partition coefficient (Wildman–Crippen LogP) is 4.21. The normalized spacial score (nSPS) is 15.2. The van der Waals surface area contributed by atoms with E-state index in [1.54, 1.807) is 14.2 Å². The molecule has 5 heteroatoms. The van der Waals surface area contributed by atoms with Gasteiger partial charge in [-0.15, -0.1) is 0 Å². The van der Waals surface area contributed by atoms with Crippen molar-refractivity contribution in [2.45, 2.75) is 32.2 Å². The zero-order valence-electron chi connectivity index (χ0n) is 16.3. The van der Waals surface area contributed by atoms with Gasteiger partial charge in [-0.2, -0.15) is 0 Å². The summed E-state index contributed by atoms with van der Waals surface area (Å²) < 4.78 is 13.1. The van der Waals surface area contributed by atoms with Gasteiger partial charge in [0.15, 0.2) is 11.5 Å². The molecule has 142 valence electrons. The summed E-state index contributed by atoms with van der Waals surface area (Å²) in [5.74, 6) is 3.06. The number of aryl methyl sites for hydroxylation is 1. The maximum Gasteiger partial charge on any atom is 0.161 e. The molecule has 0 atom stereocenters. The van der Waals surface area contributed by atoms with Crippen LogP contribution in [0.5, 0.6) is 11.5 Å². The Morgan fingerprint density at radius 1 is 1.04 bits per heavy atom. The second-order valence-electron chi connectivity index (χ2n) is 7.02. The van der Waals surface area contributed by atoms with E-state index in [9.17, 15) is 0 Å². The molecule has 5 nitrogen and oxygen atoms in total. The molecule has 0 spiro atoms. The molecule has 1 saturated heterocycles. The average Bonchev–Trinajstić information content (AvgIpc) is 3.11. The van der Waals surface area contributed by atoms with Crippen molar-refractivity contribution in [3.63, 3.8) is 0 Å². The van der Waals surface area contributed by atoms with Crippen molar-refractivity contribution in [3.05, 3.63) is 42.0 Å². The van der Waals surface area contributed by atoms with Crippen LogP contribution in [0.3, 0.4) is 0 Å². The van der Waals surface area contributed by atoms with Gasteiger partial charge >= 0.3 is 0 Å². The molecule has 0 unspecified atom stereocenters. The van der Waals surface area contributed by atoms with Crippen LogP contribution in [0, 0.1) is 0 Å². The number of nitrogens with zero attached hydrogens (tertiary/aromatic N) is 2. The minimum absolute atomic E-state index is 0.639. The highest BCUT2D eigenvalue weighted by Gasteiger charge is 2.18. The molecular weight excluding hydrogens is 338 g/mol. The molecule has 2 heterocycles. The van der Waals surface area contributed by atoms with Crippen molar-refractivity contribution in [2.75, 3.05) is 27.3 Å². The maximum absolute atomic E-state index is 5.48. The largest absolute Gasteiger partial charge is 0.493 e. The predicted molar refractivity (Wildman–Crippen MR) is 109 cm³/mol. The number of imidazole rings is 1. The molecule has 2 aromatic carbocycles. The van der Waals surface area contributed by atoms with Gasteiger partial charge in [-0.25, -0.2) is 4.98 Å². The number of benzene rings is 2. The highest BCUT2D eigenvalue weighted by molar-refractivity contribution is 5.82. The summed E-state index contributed by atoms with van der Waals surface area (Å²) in [6, 6.07) is 12.7.